The number of fused-ring (bicyclic) bond motifs is 1. The normalized spacial score (nSPS) is 10.1. The van der Waals surface area contributed by atoms with Gasteiger partial charge in [-0.1, -0.05) is 0 Å². The Balaban J connectivity index is 0.00000128. The Morgan fingerprint density at radius 3 is 2.94 bits per heavy atom. The molecule has 16 heavy (non-hydrogen) atoms. The second-order valence-electron chi connectivity index (χ2n) is 3.12. The van der Waals surface area contributed by atoms with Crippen LogP contribution in [-0.2, 0) is 0 Å². The molecule has 0 aliphatic heterocycles. The molecule has 0 aliphatic rings. The Morgan fingerprint density at radius 1 is 1.50 bits per heavy atom. The van der Waals surface area contributed by atoms with Crippen molar-refractivity contribution in [3.63, 3.8) is 0 Å². The van der Waals surface area contributed by atoms with Crippen molar-refractivity contribution in [2.45, 2.75) is 6.92 Å². The molecular formula is C10H12ClNO4. The van der Waals surface area contributed by atoms with Gasteiger partial charge < -0.3 is 19.4 Å². The molecule has 0 radical (unpaired) electrons. The van der Waals surface area contributed by atoms with Crippen molar-refractivity contribution >= 4 is 23.2 Å². The van der Waals surface area contributed by atoms with Gasteiger partial charge >= 0.3 is 0 Å². The zero-order valence-corrected chi connectivity index (χ0v) is 9.45. The highest BCUT2D eigenvalue weighted by Crippen LogP contribution is 2.35. The summed E-state index contributed by atoms with van der Waals surface area (Å²) in [6, 6.07) is 0. The number of halogens is 1. The number of rotatable bonds is 3. The molecule has 0 unspecified atom stereocenters. The van der Waals surface area contributed by atoms with Gasteiger partial charge in [0, 0.05) is 11.6 Å². The van der Waals surface area contributed by atoms with E-state index in [4.69, 9.17) is 14.3 Å². The third-order valence-electron chi connectivity index (χ3n) is 2.09. The first kappa shape index (κ1) is 12.6. The summed E-state index contributed by atoms with van der Waals surface area (Å²) < 4.78 is 10.3. The summed E-state index contributed by atoms with van der Waals surface area (Å²) in [5.74, 6) is 0.260. The van der Waals surface area contributed by atoms with Gasteiger partial charge in [-0.2, -0.15) is 0 Å². The molecule has 0 fully saturated rings. The number of pyridine rings is 1. The van der Waals surface area contributed by atoms with Crippen LogP contribution in [-0.4, -0.2) is 28.4 Å². The maximum Gasteiger partial charge on any atom is 0.296 e. The van der Waals surface area contributed by atoms with Crippen LogP contribution in [0.15, 0.2) is 16.9 Å². The molecule has 0 bridgehead atoms. The Labute approximate surface area is 98.1 Å². The molecule has 88 valence electrons. The van der Waals surface area contributed by atoms with E-state index in [1.165, 1.54) is 6.26 Å². The predicted octanol–water partition coefficient (Wildman–Crippen LogP) is 1.63. The van der Waals surface area contributed by atoms with Crippen LogP contribution in [0.25, 0.3) is 10.8 Å². The second kappa shape index (κ2) is 5.05. The molecule has 2 rings (SSSR count). The number of aliphatic hydroxyl groups excluding tert-OH is 1. The van der Waals surface area contributed by atoms with E-state index in [0.717, 1.165) is 0 Å². The van der Waals surface area contributed by atoms with Crippen molar-refractivity contribution in [2.75, 3.05) is 13.2 Å². The van der Waals surface area contributed by atoms with E-state index in [-0.39, 0.29) is 37.3 Å². The average Bonchev–Trinajstić information content (AvgIpc) is 2.64. The fraction of sp³-hybridized carbons (Fsp3) is 0.300. The first-order valence-corrected chi connectivity index (χ1v) is 4.53. The van der Waals surface area contributed by atoms with E-state index < -0.39 is 0 Å². The predicted molar refractivity (Wildman–Crippen MR) is 60.2 cm³/mol. The summed E-state index contributed by atoms with van der Waals surface area (Å²) in [6.07, 6.45) is 3.05. The smallest absolute Gasteiger partial charge is 0.296 e. The number of aromatic hydroxyl groups is 1. The van der Waals surface area contributed by atoms with Crippen LogP contribution in [0.1, 0.15) is 5.69 Å². The number of hydrogen-bond donors (Lipinski definition) is 2. The molecule has 0 amide bonds. The molecule has 0 atom stereocenters. The molecule has 0 aromatic carbocycles. The summed E-state index contributed by atoms with van der Waals surface area (Å²) in [5.41, 5.74) is 0.512. The fourth-order valence-corrected chi connectivity index (χ4v) is 1.33. The maximum atomic E-state index is 9.76. The zero-order chi connectivity index (χ0) is 10.8. The molecule has 0 saturated carbocycles. The summed E-state index contributed by atoms with van der Waals surface area (Å²) in [6.45, 7) is 1.72. The van der Waals surface area contributed by atoms with Crippen molar-refractivity contribution in [2.24, 2.45) is 0 Å². The van der Waals surface area contributed by atoms with Gasteiger partial charge in [0.15, 0.2) is 5.75 Å². The van der Waals surface area contributed by atoms with Crippen LogP contribution in [0, 0.1) is 6.92 Å². The van der Waals surface area contributed by atoms with Gasteiger partial charge in [-0.25, -0.2) is 0 Å². The first-order valence-electron chi connectivity index (χ1n) is 4.53. The molecule has 0 aliphatic carbocycles. The standard InChI is InChI=1S/C10H11NO4.ClH/c1-6-9(13)8-7(4-11-6)5-15-10(8)14-3-2-12;/h4-5,12-13H,2-3H2,1H3;1H. The fourth-order valence-electron chi connectivity index (χ4n) is 1.33. The summed E-state index contributed by atoms with van der Waals surface area (Å²) >= 11 is 0. The second-order valence-corrected chi connectivity index (χ2v) is 3.12. The van der Waals surface area contributed by atoms with E-state index in [2.05, 4.69) is 4.98 Å². The quantitative estimate of drug-likeness (QED) is 0.860. The lowest BCUT2D eigenvalue weighted by molar-refractivity contribution is 0.173. The topological polar surface area (TPSA) is 75.7 Å². The van der Waals surface area contributed by atoms with Gasteiger partial charge in [0.25, 0.3) is 5.95 Å². The van der Waals surface area contributed by atoms with Crippen molar-refractivity contribution < 1.29 is 19.4 Å². The van der Waals surface area contributed by atoms with Crippen LogP contribution < -0.4 is 4.74 Å². The number of aromatic nitrogens is 1. The van der Waals surface area contributed by atoms with E-state index in [1.54, 1.807) is 13.1 Å². The van der Waals surface area contributed by atoms with Gasteiger partial charge in [0.2, 0.25) is 0 Å². The summed E-state index contributed by atoms with van der Waals surface area (Å²) in [7, 11) is 0. The van der Waals surface area contributed by atoms with Crippen molar-refractivity contribution in [3.8, 4) is 11.7 Å². The molecule has 2 heterocycles. The largest absolute Gasteiger partial charge is 0.505 e. The Morgan fingerprint density at radius 2 is 2.25 bits per heavy atom. The van der Waals surface area contributed by atoms with E-state index in [1.807, 2.05) is 0 Å². The van der Waals surface area contributed by atoms with Gasteiger partial charge in [-0.05, 0) is 6.92 Å². The highest BCUT2D eigenvalue weighted by Gasteiger charge is 2.14. The van der Waals surface area contributed by atoms with E-state index >= 15 is 0 Å². The number of furan rings is 1. The average molecular weight is 246 g/mol. The van der Waals surface area contributed by atoms with Crippen LogP contribution in [0.4, 0.5) is 0 Å². The first-order chi connectivity index (χ1) is 7.24. The minimum Gasteiger partial charge on any atom is -0.505 e. The van der Waals surface area contributed by atoms with Crippen LogP contribution in [0.2, 0.25) is 0 Å². The van der Waals surface area contributed by atoms with Gasteiger partial charge in [-0.3, -0.25) is 4.98 Å². The monoisotopic (exact) mass is 245 g/mol. The van der Waals surface area contributed by atoms with Crippen LogP contribution in [0.5, 0.6) is 11.7 Å². The SMILES string of the molecule is Cc1ncc2coc(OCCO)c2c1O.Cl. The van der Waals surface area contributed by atoms with Crippen LogP contribution >= 0.6 is 12.4 Å². The lowest BCUT2D eigenvalue weighted by atomic mass is 10.2. The molecule has 2 aromatic heterocycles. The maximum absolute atomic E-state index is 9.76. The Kier molecular flexibility index (Phi) is 3.98. The highest BCUT2D eigenvalue weighted by atomic mass is 35.5. The van der Waals surface area contributed by atoms with Crippen molar-refractivity contribution in [3.05, 3.63) is 18.2 Å². The van der Waals surface area contributed by atoms with Gasteiger partial charge in [0.05, 0.1) is 12.3 Å². The van der Waals surface area contributed by atoms with E-state index in [0.29, 0.717) is 16.5 Å². The molecule has 6 heteroatoms. The number of nitrogens with zero attached hydrogens (tertiary/aromatic N) is 1. The number of ether oxygens (including phenoxy) is 1. The zero-order valence-electron chi connectivity index (χ0n) is 8.64. The molecule has 5 nitrogen and oxygen atoms in total. The van der Waals surface area contributed by atoms with Gasteiger partial charge in [-0.15, -0.1) is 12.4 Å². The molecule has 0 spiro atoms. The highest BCUT2D eigenvalue weighted by molar-refractivity contribution is 5.91. The number of hydrogen-bond acceptors (Lipinski definition) is 5. The van der Waals surface area contributed by atoms with Gasteiger partial charge in [0.1, 0.15) is 18.3 Å². The van der Waals surface area contributed by atoms with Crippen LogP contribution in [0.3, 0.4) is 0 Å². The number of aliphatic hydroxyl groups is 1. The Bertz CT molecular complexity index is 483. The van der Waals surface area contributed by atoms with E-state index in [9.17, 15) is 5.11 Å². The van der Waals surface area contributed by atoms with Crippen molar-refractivity contribution in [1.82, 2.24) is 4.98 Å². The molecule has 2 N–H and O–H groups in total. The summed E-state index contributed by atoms with van der Waals surface area (Å²) in [5, 5.41) is 19.6. The van der Waals surface area contributed by atoms with Crippen molar-refractivity contribution in [1.29, 1.82) is 0 Å². The molecule has 0 saturated heterocycles. The molecular weight excluding hydrogens is 234 g/mol. The molecule has 2 aromatic rings. The Hall–Kier alpha value is -1.46. The summed E-state index contributed by atoms with van der Waals surface area (Å²) in [4.78, 5) is 3.99. The third-order valence-corrected chi connectivity index (χ3v) is 2.09. The lowest BCUT2D eigenvalue weighted by Gasteiger charge is -2.02. The number of aryl methyl sites for hydroxylation is 1. The minimum absolute atomic E-state index is 0. The lowest BCUT2D eigenvalue weighted by Crippen LogP contribution is -2.00. The third kappa shape index (κ3) is 2.05. The minimum atomic E-state index is -0.104.